The minimum Gasteiger partial charge on any atom is -0.478 e. The Morgan fingerprint density at radius 1 is 1.00 bits per heavy atom. The predicted molar refractivity (Wildman–Crippen MR) is 43.4 cm³/mol. The molecule has 0 bridgehead atoms. The van der Waals surface area contributed by atoms with Crippen molar-refractivity contribution < 1.29 is 29.3 Å². The zero-order valence-corrected chi connectivity index (χ0v) is 7.22. The first-order valence-electron chi connectivity index (χ1n) is 2.82. The van der Waals surface area contributed by atoms with Crippen LogP contribution in [0.5, 0.6) is 0 Å². The highest BCUT2D eigenvalue weighted by Crippen LogP contribution is 1.76. The van der Waals surface area contributed by atoms with Gasteiger partial charge in [0, 0.05) is 12.2 Å². The molecule has 0 saturated heterocycles. The molecule has 0 heterocycles. The second kappa shape index (κ2) is 10.5. The molecule has 0 aromatic carbocycles. The normalized spacial score (nSPS) is 9.92. The summed E-state index contributed by atoms with van der Waals surface area (Å²) in [5, 5.41) is 16.0. The highest BCUT2D eigenvalue weighted by molar-refractivity contribution is 7.16. The van der Waals surface area contributed by atoms with Crippen LogP contribution in [-0.2, 0) is 14.2 Å². The maximum Gasteiger partial charge on any atom is 0.328 e. The van der Waals surface area contributed by atoms with Crippen LogP contribution < -0.4 is 0 Å². The number of hydrogen-bond acceptors (Lipinski definition) is 3. The van der Waals surface area contributed by atoms with E-state index in [9.17, 15) is 9.59 Å². The lowest BCUT2D eigenvalue weighted by molar-refractivity contribution is -0.132. The predicted octanol–water partition coefficient (Wildman–Crippen LogP) is 0.453. The summed E-state index contributed by atoms with van der Waals surface area (Å²) >= 11 is 0. The Morgan fingerprint density at radius 2 is 1.23 bits per heavy atom. The Morgan fingerprint density at radius 3 is 1.38 bits per heavy atom. The Balaban J connectivity index is 0. The van der Waals surface area contributed by atoms with Crippen LogP contribution in [0.1, 0.15) is 0 Å². The number of allylic oxidation sites excluding steroid dienone is 2. The number of hydrogen-bond donors (Lipinski definition) is 3. The van der Waals surface area contributed by atoms with Crippen LogP contribution in [-0.4, -0.2) is 27.0 Å². The molecule has 0 atom stereocenters. The number of carboxylic acid groups (broad SMARTS) is 2. The molecular weight excluding hydrogens is 199 g/mol. The fourth-order valence-corrected chi connectivity index (χ4v) is 0.276. The van der Waals surface area contributed by atoms with Gasteiger partial charge < -0.3 is 15.1 Å². The first kappa shape index (κ1) is 14.0. The van der Waals surface area contributed by atoms with Crippen molar-refractivity contribution in [3.63, 3.8) is 0 Å². The Hall–Kier alpha value is -1.52. The van der Waals surface area contributed by atoms with Gasteiger partial charge in [-0.1, -0.05) is 12.2 Å². The summed E-state index contributed by atoms with van der Waals surface area (Å²) in [6.07, 6.45) is 3.96. The molecule has 0 spiro atoms. The lowest BCUT2D eigenvalue weighted by atomic mass is 10.4. The minimum absolute atomic E-state index is 0.833. The van der Waals surface area contributed by atoms with Crippen molar-refractivity contribution in [3.05, 3.63) is 24.3 Å². The van der Waals surface area contributed by atoms with Crippen LogP contribution in [0.2, 0.25) is 0 Å². The van der Waals surface area contributed by atoms with E-state index in [1.165, 1.54) is 0 Å². The molecule has 7 heteroatoms. The molecule has 0 aromatic rings. The van der Waals surface area contributed by atoms with E-state index in [0.29, 0.717) is 0 Å². The molecular formula is C6H7O6P. The summed E-state index contributed by atoms with van der Waals surface area (Å²) in [6, 6.07) is 0. The van der Waals surface area contributed by atoms with Crippen LogP contribution in [0, 0.1) is 0 Å². The van der Waals surface area contributed by atoms with Crippen molar-refractivity contribution in [2.45, 2.75) is 0 Å². The second-order valence-electron chi connectivity index (χ2n) is 1.48. The van der Waals surface area contributed by atoms with Crippen LogP contribution in [0.4, 0.5) is 0 Å². The molecule has 13 heavy (non-hydrogen) atoms. The van der Waals surface area contributed by atoms with Crippen molar-refractivity contribution in [1.29, 1.82) is 0 Å². The van der Waals surface area contributed by atoms with Crippen molar-refractivity contribution >= 4 is 20.6 Å². The summed E-state index contributed by atoms with van der Waals surface area (Å²) in [6.45, 7) is 0. The number of rotatable bonds is 3. The number of carboxylic acids is 2. The molecule has 0 unspecified atom stereocenters. The zero-order chi connectivity index (χ0) is 10.7. The quantitative estimate of drug-likeness (QED) is 0.351. The molecule has 0 aromatic heterocycles. The van der Waals surface area contributed by atoms with E-state index < -0.39 is 20.6 Å². The van der Waals surface area contributed by atoms with Gasteiger partial charge in [0.25, 0.3) is 0 Å². The average molecular weight is 206 g/mol. The first-order valence-corrected chi connectivity index (χ1v) is 3.58. The van der Waals surface area contributed by atoms with Gasteiger partial charge in [0.05, 0.1) is 0 Å². The molecule has 0 amide bonds. The molecule has 0 aliphatic carbocycles. The van der Waals surface area contributed by atoms with Gasteiger partial charge in [-0.2, -0.15) is 0 Å². The molecule has 0 aliphatic rings. The third kappa shape index (κ3) is 25.1. The van der Waals surface area contributed by atoms with E-state index in [0.717, 1.165) is 24.3 Å². The molecule has 3 N–H and O–H groups in total. The first-order chi connectivity index (χ1) is 6.04. The monoisotopic (exact) mass is 206 g/mol. The molecule has 72 valence electrons. The molecule has 0 rings (SSSR count). The lowest BCUT2D eigenvalue weighted by Gasteiger charge is -1.75. The lowest BCUT2D eigenvalue weighted by Crippen LogP contribution is -1.86. The number of aliphatic carboxylic acids is 2. The minimum atomic E-state index is -1.10. The van der Waals surface area contributed by atoms with E-state index in [2.05, 4.69) is 0 Å². The maximum atomic E-state index is 9.78. The Kier molecular flexibility index (Phi) is 11.3. The van der Waals surface area contributed by atoms with Crippen molar-refractivity contribution in [2.75, 3.05) is 0 Å². The average Bonchev–Trinajstić information content (AvgIpc) is 1.99. The van der Waals surface area contributed by atoms with E-state index in [1.54, 1.807) is 0 Å². The van der Waals surface area contributed by atoms with Gasteiger partial charge in [-0.3, -0.25) is 0 Å². The number of carbonyl (C=O) groups is 2. The Bertz CT molecular complexity index is 209. The van der Waals surface area contributed by atoms with E-state index in [4.69, 9.17) is 19.7 Å². The van der Waals surface area contributed by atoms with Gasteiger partial charge in [0.15, 0.2) is 0 Å². The Labute approximate surface area is 75.1 Å². The fourth-order valence-electron chi connectivity index (χ4n) is 0.276. The van der Waals surface area contributed by atoms with Crippen molar-refractivity contribution in [2.24, 2.45) is 0 Å². The summed E-state index contributed by atoms with van der Waals surface area (Å²) in [4.78, 5) is 26.5. The summed E-state index contributed by atoms with van der Waals surface area (Å²) in [5.74, 6) is -2.20. The van der Waals surface area contributed by atoms with Gasteiger partial charge in [0.2, 0.25) is 0 Å². The van der Waals surface area contributed by atoms with Gasteiger partial charge in [0.1, 0.15) is 0 Å². The third-order valence-electron chi connectivity index (χ3n) is 0.589. The summed E-state index contributed by atoms with van der Waals surface area (Å²) < 4.78 is 8.46. The van der Waals surface area contributed by atoms with E-state index in [-0.39, 0.29) is 0 Å². The van der Waals surface area contributed by atoms with Gasteiger partial charge in [-0.15, -0.1) is 0 Å². The van der Waals surface area contributed by atoms with Crippen LogP contribution in [0.3, 0.4) is 0 Å². The topological polar surface area (TPSA) is 112 Å². The molecule has 0 saturated carbocycles. The second-order valence-corrected chi connectivity index (χ2v) is 1.64. The third-order valence-corrected chi connectivity index (χ3v) is 0.589. The molecule has 0 radical (unpaired) electrons. The zero-order valence-electron chi connectivity index (χ0n) is 6.32. The van der Waals surface area contributed by atoms with Gasteiger partial charge in [-0.05, 0) is 0 Å². The van der Waals surface area contributed by atoms with Crippen molar-refractivity contribution in [3.8, 4) is 0 Å². The molecule has 6 nitrogen and oxygen atoms in total. The van der Waals surface area contributed by atoms with Crippen molar-refractivity contribution in [1.82, 2.24) is 0 Å². The molecule has 0 aliphatic heterocycles. The van der Waals surface area contributed by atoms with E-state index in [1.807, 2.05) is 0 Å². The standard InChI is InChI=1S/C6H6O4.HO2P/c7-5(8)3-1-2-4-6(9)10;1-3-2/h1-4H,(H,7,8)(H,9,10);(H,1,2)/b3-1+,4-2+;. The van der Waals surface area contributed by atoms with Gasteiger partial charge in [-0.25, -0.2) is 14.2 Å². The van der Waals surface area contributed by atoms with Crippen LogP contribution in [0.15, 0.2) is 24.3 Å². The highest BCUT2D eigenvalue weighted by atomic mass is 31.1. The summed E-state index contributed by atoms with van der Waals surface area (Å²) in [5.41, 5.74) is 0. The fraction of sp³-hybridized carbons (Fsp3) is 0. The van der Waals surface area contributed by atoms with E-state index >= 15 is 0 Å². The summed E-state index contributed by atoms with van der Waals surface area (Å²) in [7, 11) is -0.833. The van der Waals surface area contributed by atoms with Gasteiger partial charge >= 0.3 is 20.6 Å². The smallest absolute Gasteiger partial charge is 0.328 e. The van der Waals surface area contributed by atoms with Crippen LogP contribution >= 0.6 is 8.69 Å². The SMILES string of the molecule is O=C(O)/C=C/C=C/C(=O)O.O=PO. The molecule has 0 fully saturated rings. The maximum absolute atomic E-state index is 9.78. The highest BCUT2D eigenvalue weighted by Gasteiger charge is 1.83. The van der Waals surface area contributed by atoms with Crippen LogP contribution in [0.25, 0.3) is 0 Å². The largest absolute Gasteiger partial charge is 0.478 e.